The normalized spacial score (nSPS) is 22.5. The third-order valence-electron chi connectivity index (χ3n) is 3.16. The summed E-state index contributed by atoms with van der Waals surface area (Å²) in [7, 11) is 0. The van der Waals surface area contributed by atoms with Crippen molar-refractivity contribution in [2.45, 2.75) is 19.4 Å². The van der Waals surface area contributed by atoms with E-state index in [0.29, 0.717) is 12.0 Å². The van der Waals surface area contributed by atoms with Crippen LogP contribution in [0.5, 0.6) is 0 Å². The molecule has 0 radical (unpaired) electrons. The first-order valence-electron chi connectivity index (χ1n) is 5.78. The average Bonchev–Trinajstić information content (AvgIpc) is 3.04. The molecule has 17 heavy (non-hydrogen) atoms. The van der Waals surface area contributed by atoms with E-state index in [-0.39, 0.29) is 0 Å². The van der Waals surface area contributed by atoms with Crippen LogP contribution in [0.2, 0.25) is 0 Å². The first-order chi connectivity index (χ1) is 8.28. The monoisotopic (exact) mass is 229 g/mol. The molecule has 1 aromatic heterocycles. The molecule has 1 aromatic carbocycles. The molecule has 2 atom stereocenters. The molecule has 1 saturated carbocycles. The molecule has 2 unspecified atom stereocenters. The molecular weight excluding hydrogens is 214 g/mol. The van der Waals surface area contributed by atoms with E-state index >= 15 is 0 Å². The van der Waals surface area contributed by atoms with E-state index < -0.39 is 0 Å². The summed E-state index contributed by atoms with van der Waals surface area (Å²) in [6.07, 6.45) is 1.20. The molecule has 0 saturated heterocycles. The predicted molar refractivity (Wildman–Crippen MR) is 68.5 cm³/mol. The molecular formula is C12H15N5. The number of nitrogen functional groups attached to an aromatic ring is 1. The summed E-state index contributed by atoms with van der Waals surface area (Å²) in [5, 5.41) is 4.47. The molecule has 3 rings (SSSR count). The minimum atomic E-state index is 0.444. The maximum absolute atomic E-state index is 5.38. The number of hydrogen-bond donors (Lipinski definition) is 3. The molecule has 0 bridgehead atoms. The van der Waals surface area contributed by atoms with E-state index in [4.69, 9.17) is 5.84 Å². The SMILES string of the molecule is CC1CC1Nc1nc(NN)nc2ccccc12. The van der Waals surface area contributed by atoms with Crippen LogP contribution in [-0.2, 0) is 0 Å². The second-order valence-electron chi connectivity index (χ2n) is 4.52. The van der Waals surface area contributed by atoms with Crippen LogP contribution in [-0.4, -0.2) is 16.0 Å². The van der Waals surface area contributed by atoms with Gasteiger partial charge in [0.2, 0.25) is 5.95 Å². The number of nitrogens with one attached hydrogen (secondary N) is 2. The van der Waals surface area contributed by atoms with Gasteiger partial charge in [0, 0.05) is 11.4 Å². The van der Waals surface area contributed by atoms with Gasteiger partial charge in [0.15, 0.2) is 0 Å². The van der Waals surface area contributed by atoms with Crippen LogP contribution >= 0.6 is 0 Å². The smallest absolute Gasteiger partial charge is 0.239 e. The lowest BCUT2D eigenvalue weighted by molar-refractivity contribution is 0.924. The summed E-state index contributed by atoms with van der Waals surface area (Å²) in [5.74, 6) is 7.40. The van der Waals surface area contributed by atoms with Gasteiger partial charge >= 0.3 is 0 Å². The predicted octanol–water partition coefficient (Wildman–Crippen LogP) is 1.74. The minimum Gasteiger partial charge on any atom is -0.366 e. The molecule has 0 amide bonds. The number of hydrazine groups is 1. The van der Waals surface area contributed by atoms with Crippen molar-refractivity contribution >= 4 is 22.7 Å². The number of aromatic nitrogens is 2. The van der Waals surface area contributed by atoms with Gasteiger partial charge in [0.1, 0.15) is 5.82 Å². The highest BCUT2D eigenvalue weighted by Gasteiger charge is 2.33. The van der Waals surface area contributed by atoms with Crippen molar-refractivity contribution < 1.29 is 0 Å². The van der Waals surface area contributed by atoms with Gasteiger partial charge in [-0.3, -0.25) is 5.43 Å². The number of nitrogens with two attached hydrogens (primary N) is 1. The topological polar surface area (TPSA) is 75.9 Å². The fraction of sp³-hybridized carbons (Fsp3) is 0.333. The van der Waals surface area contributed by atoms with Crippen LogP contribution in [0.3, 0.4) is 0 Å². The van der Waals surface area contributed by atoms with Gasteiger partial charge in [-0.2, -0.15) is 4.98 Å². The highest BCUT2D eigenvalue weighted by atomic mass is 15.3. The average molecular weight is 229 g/mol. The Kier molecular flexibility index (Phi) is 2.33. The van der Waals surface area contributed by atoms with E-state index in [1.165, 1.54) is 6.42 Å². The van der Waals surface area contributed by atoms with Crippen LogP contribution in [0.15, 0.2) is 24.3 Å². The molecule has 5 heteroatoms. The number of nitrogens with zero attached hydrogens (tertiary/aromatic N) is 2. The van der Waals surface area contributed by atoms with Crippen LogP contribution in [0.4, 0.5) is 11.8 Å². The molecule has 1 aliphatic rings. The van der Waals surface area contributed by atoms with Crippen molar-refractivity contribution in [1.29, 1.82) is 0 Å². The molecule has 1 heterocycles. The Labute approximate surface area is 99.4 Å². The van der Waals surface area contributed by atoms with Gasteiger partial charge in [-0.1, -0.05) is 19.1 Å². The van der Waals surface area contributed by atoms with Gasteiger partial charge in [0.25, 0.3) is 0 Å². The van der Waals surface area contributed by atoms with Crippen molar-refractivity contribution in [3.63, 3.8) is 0 Å². The standard InChI is InChI=1S/C12H15N5/c1-7-6-10(7)14-11-8-4-2-3-5-9(8)15-12(16-11)17-13/h2-5,7,10H,6,13H2,1H3,(H2,14,15,16,17). The van der Waals surface area contributed by atoms with Crippen LogP contribution in [0.25, 0.3) is 10.9 Å². The summed E-state index contributed by atoms with van der Waals surface area (Å²) in [6, 6.07) is 8.45. The largest absolute Gasteiger partial charge is 0.366 e. The van der Waals surface area contributed by atoms with Crippen LogP contribution < -0.4 is 16.6 Å². The zero-order chi connectivity index (χ0) is 11.8. The Balaban J connectivity index is 2.06. The number of anilines is 2. The van der Waals surface area contributed by atoms with Crippen molar-refractivity contribution in [2.75, 3.05) is 10.7 Å². The molecule has 4 N–H and O–H groups in total. The summed E-state index contributed by atoms with van der Waals surface area (Å²) < 4.78 is 0. The van der Waals surface area contributed by atoms with Crippen molar-refractivity contribution in [3.05, 3.63) is 24.3 Å². The number of benzene rings is 1. The highest BCUT2D eigenvalue weighted by Crippen LogP contribution is 2.34. The van der Waals surface area contributed by atoms with E-state index in [2.05, 4.69) is 27.6 Å². The summed E-state index contributed by atoms with van der Waals surface area (Å²) in [5.41, 5.74) is 3.40. The Morgan fingerprint density at radius 3 is 2.76 bits per heavy atom. The summed E-state index contributed by atoms with van der Waals surface area (Å²) in [6.45, 7) is 2.23. The van der Waals surface area contributed by atoms with Crippen LogP contribution in [0.1, 0.15) is 13.3 Å². The zero-order valence-electron chi connectivity index (χ0n) is 9.64. The van der Waals surface area contributed by atoms with Crippen LogP contribution in [0, 0.1) is 5.92 Å². The molecule has 0 spiro atoms. The van der Waals surface area contributed by atoms with E-state index in [1.807, 2.05) is 24.3 Å². The fourth-order valence-electron chi connectivity index (χ4n) is 1.95. The summed E-state index contributed by atoms with van der Waals surface area (Å²) >= 11 is 0. The number of rotatable bonds is 3. The molecule has 88 valence electrons. The maximum Gasteiger partial charge on any atom is 0.239 e. The van der Waals surface area contributed by atoms with Gasteiger partial charge in [-0.05, 0) is 24.5 Å². The van der Waals surface area contributed by atoms with E-state index in [0.717, 1.165) is 22.6 Å². The Bertz CT molecular complexity index is 554. The Morgan fingerprint density at radius 2 is 2.06 bits per heavy atom. The molecule has 0 aliphatic heterocycles. The van der Waals surface area contributed by atoms with Gasteiger partial charge < -0.3 is 5.32 Å². The lowest BCUT2D eigenvalue weighted by atomic mass is 10.2. The molecule has 5 nitrogen and oxygen atoms in total. The lowest BCUT2D eigenvalue weighted by Crippen LogP contribution is -2.13. The first kappa shape index (κ1) is 10.3. The van der Waals surface area contributed by atoms with Gasteiger partial charge in [-0.15, -0.1) is 0 Å². The minimum absolute atomic E-state index is 0.444. The fourth-order valence-corrected chi connectivity index (χ4v) is 1.95. The lowest BCUT2D eigenvalue weighted by Gasteiger charge is -2.09. The number of para-hydroxylation sites is 1. The zero-order valence-corrected chi connectivity index (χ0v) is 9.64. The van der Waals surface area contributed by atoms with Crippen molar-refractivity contribution in [3.8, 4) is 0 Å². The van der Waals surface area contributed by atoms with Gasteiger partial charge in [-0.25, -0.2) is 10.8 Å². The van der Waals surface area contributed by atoms with E-state index in [9.17, 15) is 0 Å². The van der Waals surface area contributed by atoms with Crippen molar-refractivity contribution in [2.24, 2.45) is 11.8 Å². The summed E-state index contributed by atoms with van der Waals surface area (Å²) in [4.78, 5) is 8.69. The second-order valence-corrected chi connectivity index (χ2v) is 4.52. The van der Waals surface area contributed by atoms with Gasteiger partial charge in [0.05, 0.1) is 5.52 Å². The Hall–Kier alpha value is -1.88. The number of fused-ring (bicyclic) bond motifs is 1. The third-order valence-corrected chi connectivity index (χ3v) is 3.16. The quantitative estimate of drug-likeness (QED) is 0.552. The Morgan fingerprint density at radius 1 is 1.29 bits per heavy atom. The molecule has 1 aliphatic carbocycles. The first-order valence-corrected chi connectivity index (χ1v) is 5.78. The third kappa shape index (κ3) is 1.89. The second kappa shape index (κ2) is 3.85. The number of hydrogen-bond acceptors (Lipinski definition) is 5. The maximum atomic E-state index is 5.38. The molecule has 2 aromatic rings. The highest BCUT2D eigenvalue weighted by molar-refractivity contribution is 5.90. The molecule has 1 fully saturated rings. The van der Waals surface area contributed by atoms with E-state index in [1.54, 1.807) is 0 Å². The van der Waals surface area contributed by atoms with Crippen molar-refractivity contribution in [1.82, 2.24) is 9.97 Å².